The van der Waals surface area contributed by atoms with Gasteiger partial charge in [-0.3, -0.25) is 4.79 Å². The standard InChI is InChI=1S/C14H21ClN2O3/c1-10(14(18)16-7-4-8-19-2)17-12-9-11(15)5-6-13(12)20-3/h5-6,9-10,17H,4,7-8H2,1-3H3,(H,16,18). The van der Waals surface area contributed by atoms with Crippen molar-refractivity contribution in [2.75, 3.05) is 32.7 Å². The second kappa shape index (κ2) is 8.66. The fourth-order valence-corrected chi connectivity index (χ4v) is 1.85. The summed E-state index contributed by atoms with van der Waals surface area (Å²) in [5.74, 6) is 0.566. The van der Waals surface area contributed by atoms with E-state index >= 15 is 0 Å². The lowest BCUT2D eigenvalue weighted by molar-refractivity contribution is -0.121. The number of nitrogens with one attached hydrogen (secondary N) is 2. The molecule has 2 N–H and O–H groups in total. The van der Waals surface area contributed by atoms with Crippen molar-refractivity contribution in [2.24, 2.45) is 0 Å². The van der Waals surface area contributed by atoms with Gasteiger partial charge in [0.2, 0.25) is 5.91 Å². The van der Waals surface area contributed by atoms with E-state index in [1.54, 1.807) is 39.3 Å². The molecule has 1 amide bonds. The Labute approximate surface area is 124 Å². The van der Waals surface area contributed by atoms with Crippen molar-refractivity contribution in [3.8, 4) is 5.75 Å². The number of hydrogen-bond acceptors (Lipinski definition) is 4. The first-order chi connectivity index (χ1) is 9.58. The molecule has 0 aliphatic heterocycles. The zero-order chi connectivity index (χ0) is 15.0. The van der Waals surface area contributed by atoms with E-state index in [1.165, 1.54) is 0 Å². The second-order valence-corrected chi connectivity index (χ2v) is 4.78. The molecule has 0 bridgehead atoms. The molecule has 6 heteroatoms. The summed E-state index contributed by atoms with van der Waals surface area (Å²) in [6.45, 7) is 3.00. The summed E-state index contributed by atoms with van der Waals surface area (Å²) in [6.07, 6.45) is 0.787. The van der Waals surface area contributed by atoms with Gasteiger partial charge in [-0.1, -0.05) is 11.6 Å². The Kier molecular flexibility index (Phi) is 7.18. The number of halogens is 1. The quantitative estimate of drug-likeness (QED) is 0.723. The number of methoxy groups -OCH3 is 2. The van der Waals surface area contributed by atoms with Crippen LogP contribution in [0.5, 0.6) is 5.75 Å². The molecule has 0 aliphatic rings. The van der Waals surface area contributed by atoms with Crippen LogP contribution in [0, 0.1) is 0 Å². The molecule has 0 spiro atoms. The number of carbonyl (C=O) groups excluding carboxylic acids is 1. The molecule has 0 aliphatic carbocycles. The van der Waals surface area contributed by atoms with E-state index in [0.717, 1.165) is 6.42 Å². The maximum atomic E-state index is 11.9. The van der Waals surface area contributed by atoms with Crippen LogP contribution in [0.4, 0.5) is 5.69 Å². The molecule has 1 atom stereocenters. The van der Waals surface area contributed by atoms with Gasteiger partial charge in [0.15, 0.2) is 0 Å². The van der Waals surface area contributed by atoms with Crippen LogP contribution in [0.15, 0.2) is 18.2 Å². The molecule has 0 saturated carbocycles. The van der Waals surface area contributed by atoms with Gasteiger partial charge in [0.05, 0.1) is 12.8 Å². The van der Waals surface area contributed by atoms with Crippen LogP contribution < -0.4 is 15.4 Å². The Morgan fingerprint density at radius 2 is 2.15 bits per heavy atom. The maximum absolute atomic E-state index is 11.9. The Hall–Kier alpha value is -1.46. The van der Waals surface area contributed by atoms with Crippen LogP contribution >= 0.6 is 11.6 Å². The summed E-state index contributed by atoms with van der Waals surface area (Å²) >= 11 is 5.95. The van der Waals surface area contributed by atoms with Gasteiger partial charge >= 0.3 is 0 Å². The number of rotatable bonds is 8. The molecule has 0 aromatic heterocycles. The smallest absolute Gasteiger partial charge is 0.242 e. The van der Waals surface area contributed by atoms with Crippen molar-refractivity contribution < 1.29 is 14.3 Å². The first-order valence-electron chi connectivity index (χ1n) is 6.45. The molecule has 1 aromatic carbocycles. The van der Waals surface area contributed by atoms with Crippen molar-refractivity contribution in [3.63, 3.8) is 0 Å². The molecule has 5 nitrogen and oxygen atoms in total. The summed E-state index contributed by atoms with van der Waals surface area (Å²) in [7, 11) is 3.21. The van der Waals surface area contributed by atoms with Crippen LogP contribution in [0.2, 0.25) is 5.02 Å². The number of hydrogen-bond donors (Lipinski definition) is 2. The molecule has 0 saturated heterocycles. The third-order valence-electron chi connectivity index (χ3n) is 2.75. The number of carbonyl (C=O) groups is 1. The van der Waals surface area contributed by atoms with E-state index in [0.29, 0.717) is 29.6 Å². The topological polar surface area (TPSA) is 59.6 Å². The highest BCUT2D eigenvalue weighted by Gasteiger charge is 2.14. The lowest BCUT2D eigenvalue weighted by atomic mass is 10.2. The minimum atomic E-state index is -0.384. The average Bonchev–Trinajstić information content (AvgIpc) is 2.43. The van der Waals surface area contributed by atoms with E-state index in [-0.39, 0.29) is 11.9 Å². The summed E-state index contributed by atoms with van der Waals surface area (Å²) < 4.78 is 10.1. The average molecular weight is 301 g/mol. The van der Waals surface area contributed by atoms with E-state index in [1.807, 2.05) is 0 Å². The van der Waals surface area contributed by atoms with Gasteiger partial charge in [0.25, 0.3) is 0 Å². The maximum Gasteiger partial charge on any atom is 0.242 e. The van der Waals surface area contributed by atoms with Gasteiger partial charge in [-0.25, -0.2) is 0 Å². The third-order valence-corrected chi connectivity index (χ3v) is 2.99. The summed E-state index contributed by atoms with van der Waals surface area (Å²) in [4.78, 5) is 11.9. The predicted octanol–water partition coefficient (Wildman–Crippen LogP) is 2.30. The normalized spacial score (nSPS) is 11.8. The van der Waals surface area contributed by atoms with E-state index in [2.05, 4.69) is 10.6 Å². The summed E-state index contributed by atoms with van der Waals surface area (Å²) in [5.41, 5.74) is 0.694. The summed E-state index contributed by atoms with van der Waals surface area (Å²) in [6, 6.07) is 4.84. The van der Waals surface area contributed by atoms with E-state index in [9.17, 15) is 4.79 Å². The molecular weight excluding hydrogens is 280 g/mol. The van der Waals surface area contributed by atoms with Crippen LogP contribution in [0.25, 0.3) is 0 Å². The number of ether oxygens (including phenoxy) is 2. The van der Waals surface area contributed by atoms with Gasteiger partial charge in [0, 0.05) is 25.3 Å². The minimum absolute atomic E-state index is 0.0804. The largest absolute Gasteiger partial charge is 0.495 e. The van der Waals surface area contributed by atoms with E-state index in [4.69, 9.17) is 21.1 Å². The zero-order valence-electron chi connectivity index (χ0n) is 12.0. The van der Waals surface area contributed by atoms with Crippen LogP contribution in [-0.4, -0.2) is 39.3 Å². The molecule has 1 unspecified atom stereocenters. The molecule has 0 heterocycles. The van der Waals surface area contributed by atoms with Gasteiger partial charge < -0.3 is 20.1 Å². The SMILES string of the molecule is COCCCNC(=O)C(C)Nc1cc(Cl)ccc1OC. The van der Waals surface area contributed by atoms with Crippen molar-refractivity contribution in [1.82, 2.24) is 5.32 Å². The molecule has 1 rings (SSSR count). The molecular formula is C14H21ClN2O3. The highest BCUT2D eigenvalue weighted by atomic mass is 35.5. The zero-order valence-corrected chi connectivity index (χ0v) is 12.8. The number of amides is 1. The Morgan fingerprint density at radius 3 is 2.80 bits per heavy atom. The Bertz CT molecular complexity index is 440. The molecule has 0 fully saturated rings. The predicted molar refractivity (Wildman–Crippen MR) is 80.6 cm³/mol. The third kappa shape index (κ3) is 5.27. The fourth-order valence-electron chi connectivity index (χ4n) is 1.67. The highest BCUT2D eigenvalue weighted by molar-refractivity contribution is 6.30. The Balaban J connectivity index is 2.54. The lowest BCUT2D eigenvalue weighted by Gasteiger charge is -2.17. The van der Waals surface area contributed by atoms with Crippen LogP contribution in [-0.2, 0) is 9.53 Å². The Morgan fingerprint density at radius 1 is 1.40 bits per heavy atom. The minimum Gasteiger partial charge on any atom is -0.495 e. The first kappa shape index (κ1) is 16.6. The van der Waals surface area contributed by atoms with Crippen molar-refractivity contribution in [3.05, 3.63) is 23.2 Å². The first-order valence-corrected chi connectivity index (χ1v) is 6.83. The van der Waals surface area contributed by atoms with Gasteiger partial charge in [-0.15, -0.1) is 0 Å². The molecule has 0 radical (unpaired) electrons. The fraction of sp³-hybridized carbons (Fsp3) is 0.500. The van der Waals surface area contributed by atoms with Gasteiger partial charge in [0.1, 0.15) is 11.8 Å². The van der Waals surface area contributed by atoms with Crippen molar-refractivity contribution in [1.29, 1.82) is 0 Å². The van der Waals surface area contributed by atoms with Gasteiger partial charge in [-0.05, 0) is 31.5 Å². The number of anilines is 1. The monoisotopic (exact) mass is 300 g/mol. The van der Waals surface area contributed by atoms with Crippen molar-refractivity contribution in [2.45, 2.75) is 19.4 Å². The molecule has 20 heavy (non-hydrogen) atoms. The number of benzene rings is 1. The van der Waals surface area contributed by atoms with Crippen LogP contribution in [0.1, 0.15) is 13.3 Å². The molecule has 1 aromatic rings. The second-order valence-electron chi connectivity index (χ2n) is 4.35. The van der Waals surface area contributed by atoms with Crippen molar-refractivity contribution >= 4 is 23.2 Å². The lowest BCUT2D eigenvalue weighted by Crippen LogP contribution is -2.38. The van der Waals surface area contributed by atoms with E-state index < -0.39 is 0 Å². The van der Waals surface area contributed by atoms with Crippen LogP contribution in [0.3, 0.4) is 0 Å². The summed E-state index contributed by atoms with van der Waals surface area (Å²) in [5, 5.41) is 6.51. The molecule has 112 valence electrons. The van der Waals surface area contributed by atoms with Gasteiger partial charge in [-0.2, -0.15) is 0 Å². The highest BCUT2D eigenvalue weighted by Crippen LogP contribution is 2.28.